The molecule has 0 aliphatic rings. The van der Waals surface area contributed by atoms with Crippen molar-refractivity contribution in [2.45, 2.75) is 0 Å². The second-order valence-electron chi connectivity index (χ2n) is 4.61. The fourth-order valence-electron chi connectivity index (χ4n) is 2.33. The van der Waals surface area contributed by atoms with Crippen molar-refractivity contribution in [3.8, 4) is 22.8 Å². The van der Waals surface area contributed by atoms with E-state index in [1.807, 2.05) is 24.3 Å². The van der Waals surface area contributed by atoms with Gasteiger partial charge in [-0.2, -0.15) is 0 Å². The molecule has 0 fully saturated rings. The molecule has 0 bridgehead atoms. The van der Waals surface area contributed by atoms with E-state index in [4.69, 9.17) is 19.1 Å². The molecule has 0 amide bonds. The summed E-state index contributed by atoms with van der Waals surface area (Å²) in [6.45, 7) is 0. The molecule has 0 aliphatic carbocycles. The highest BCUT2D eigenvalue weighted by Crippen LogP contribution is 2.38. The van der Waals surface area contributed by atoms with Crippen molar-refractivity contribution in [3.63, 3.8) is 0 Å². The van der Waals surface area contributed by atoms with Crippen molar-refractivity contribution in [1.29, 1.82) is 0 Å². The quantitative estimate of drug-likeness (QED) is 0.796. The predicted octanol–water partition coefficient (Wildman–Crippen LogP) is 3.21. The molecule has 0 radical (unpaired) electrons. The van der Waals surface area contributed by atoms with Gasteiger partial charge in [0.25, 0.3) is 0 Å². The van der Waals surface area contributed by atoms with E-state index in [1.165, 1.54) is 6.07 Å². The van der Waals surface area contributed by atoms with Crippen LogP contribution in [-0.2, 0) is 0 Å². The van der Waals surface area contributed by atoms with Crippen LogP contribution in [0.3, 0.4) is 0 Å². The van der Waals surface area contributed by atoms with Crippen LogP contribution in [0.4, 0.5) is 0 Å². The minimum absolute atomic E-state index is 0.225. The van der Waals surface area contributed by atoms with Crippen LogP contribution in [0, 0.1) is 0 Å². The van der Waals surface area contributed by atoms with Crippen LogP contribution in [0.2, 0.25) is 0 Å². The van der Waals surface area contributed by atoms with Crippen molar-refractivity contribution in [1.82, 2.24) is 5.16 Å². The molecule has 3 aromatic rings. The van der Waals surface area contributed by atoms with Crippen molar-refractivity contribution < 1.29 is 23.9 Å². The number of nitrogens with zero attached hydrogens (tertiary/aromatic N) is 1. The maximum absolute atomic E-state index is 11.0. The van der Waals surface area contributed by atoms with E-state index in [9.17, 15) is 4.79 Å². The van der Waals surface area contributed by atoms with Gasteiger partial charge < -0.3 is 19.1 Å². The van der Waals surface area contributed by atoms with E-state index in [-0.39, 0.29) is 5.76 Å². The minimum atomic E-state index is -1.17. The fourth-order valence-corrected chi connectivity index (χ4v) is 2.33. The lowest BCUT2D eigenvalue weighted by Crippen LogP contribution is -1.92. The van der Waals surface area contributed by atoms with Crippen molar-refractivity contribution in [2.24, 2.45) is 0 Å². The van der Waals surface area contributed by atoms with Gasteiger partial charge in [-0.15, -0.1) is 0 Å². The first-order valence-corrected chi connectivity index (χ1v) is 6.49. The number of fused-ring (bicyclic) bond motifs is 1. The van der Waals surface area contributed by atoms with E-state index in [1.54, 1.807) is 20.3 Å². The lowest BCUT2D eigenvalue weighted by atomic mass is 10.0. The van der Waals surface area contributed by atoms with Gasteiger partial charge in [0, 0.05) is 6.07 Å². The zero-order chi connectivity index (χ0) is 15.7. The third kappa shape index (κ3) is 2.24. The molecule has 3 rings (SSSR count). The third-order valence-corrected chi connectivity index (χ3v) is 3.39. The summed E-state index contributed by atoms with van der Waals surface area (Å²) in [6, 6.07) is 10.7. The van der Waals surface area contributed by atoms with E-state index in [0.717, 1.165) is 10.8 Å². The van der Waals surface area contributed by atoms with Gasteiger partial charge in [-0.1, -0.05) is 17.3 Å². The van der Waals surface area contributed by atoms with Crippen LogP contribution in [0.1, 0.15) is 10.6 Å². The van der Waals surface area contributed by atoms with Gasteiger partial charge in [0.2, 0.25) is 5.76 Å². The molecule has 0 saturated heterocycles. The Bertz CT molecular complexity index is 848. The summed E-state index contributed by atoms with van der Waals surface area (Å²) in [6.07, 6.45) is 0. The second kappa shape index (κ2) is 5.40. The molecule has 6 heteroatoms. The Balaban J connectivity index is 2.30. The number of hydrogen-bond donors (Lipinski definition) is 1. The van der Waals surface area contributed by atoms with Gasteiger partial charge in [0.15, 0.2) is 0 Å². The summed E-state index contributed by atoms with van der Waals surface area (Å²) >= 11 is 0. The third-order valence-electron chi connectivity index (χ3n) is 3.39. The molecule has 112 valence electrons. The fraction of sp³-hybridized carbons (Fsp3) is 0.125. The minimum Gasteiger partial charge on any atom is -0.497 e. The number of aromatic nitrogens is 1. The van der Waals surface area contributed by atoms with Gasteiger partial charge in [-0.25, -0.2) is 4.79 Å². The molecule has 22 heavy (non-hydrogen) atoms. The van der Waals surface area contributed by atoms with Crippen LogP contribution in [-0.4, -0.2) is 30.5 Å². The highest BCUT2D eigenvalue weighted by Gasteiger charge is 2.18. The summed E-state index contributed by atoms with van der Waals surface area (Å²) in [5.74, 6) is -0.137. The molecule has 0 aliphatic heterocycles. The lowest BCUT2D eigenvalue weighted by Gasteiger charge is -2.11. The molecule has 0 spiro atoms. The van der Waals surface area contributed by atoms with Gasteiger partial charge in [-0.05, 0) is 29.0 Å². The lowest BCUT2D eigenvalue weighted by molar-refractivity contribution is 0.0652. The topological polar surface area (TPSA) is 81.8 Å². The summed E-state index contributed by atoms with van der Waals surface area (Å²) in [7, 11) is 3.13. The number of rotatable bonds is 4. The van der Waals surface area contributed by atoms with Crippen LogP contribution < -0.4 is 9.47 Å². The van der Waals surface area contributed by atoms with E-state index in [2.05, 4.69) is 5.16 Å². The Labute approximate surface area is 125 Å². The van der Waals surface area contributed by atoms with Crippen molar-refractivity contribution in [2.75, 3.05) is 14.2 Å². The molecule has 2 aromatic carbocycles. The molecule has 0 saturated carbocycles. The molecule has 1 aromatic heterocycles. The molecular formula is C16H13NO5. The summed E-state index contributed by atoms with van der Waals surface area (Å²) in [5.41, 5.74) is 1.06. The highest BCUT2D eigenvalue weighted by molar-refractivity contribution is 6.00. The number of benzene rings is 2. The van der Waals surface area contributed by atoms with E-state index in [0.29, 0.717) is 22.8 Å². The zero-order valence-corrected chi connectivity index (χ0v) is 12.0. The van der Waals surface area contributed by atoms with Crippen LogP contribution in [0.25, 0.3) is 22.0 Å². The largest absolute Gasteiger partial charge is 0.497 e. The molecule has 1 heterocycles. The number of carboxylic acids is 1. The molecule has 0 unspecified atom stereocenters. The van der Waals surface area contributed by atoms with Crippen LogP contribution in [0.15, 0.2) is 40.9 Å². The van der Waals surface area contributed by atoms with Gasteiger partial charge in [-0.3, -0.25) is 0 Å². The molecule has 1 N–H and O–H groups in total. The first-order chi connectivity index (χ1) is 10.6. The number of carboxylic acid groups (broad SMARTS) is 1. The van der Waals surface area contributed by atoms with Crippen molar-refractivity contribution >= 4 is 16.7 Å². The number of hydrogen-bond acceptors (Lipinski definition) is 5. The summed E-state index contributed by atoms with van der Waals surface area (Å²) in [4.78, 5) is 11.0. The monoisotopic (exact) mass is 299 g/mol. The maximum atomic E-state index is 11.0. The predicted molar refractivity (Wildman–Crippen MR) is 79.5 cm³/mol. The number of carbonyl (C=O) groups is 1. The average molecular weight is 299 g/mol. The highest BCUT2D eigenvalue weighted by atomic mass is 16.5. The van der Waals surface area contributed by atoms with Gasteiger partial charge in [0.05, 0.1) is 19.8 Å². The van der Waals surface area contributed by atoms with E-state index >= 15 is 0 Å². The second-order valence-corrected chi connectivity index (χ2v) is 4.61. The van der Waals surface area contributed by atoms with Gasteiger partial charge in [0.1, 0.15) is 17.2 Å². The molecular weight excluding hydrogens is 286 g/mol. The zero-order valence-electron chi connectivity index (χ0n) is 12.0. The Morgan fingerprint density at radius 1 is 1.14 bits per heavy atom. The molecule has 6 nitrogen and oxygen atoms in total. The first kappa shape index (κ1) is 13.9. The van der Waals surface area contributed by atoms with E-state index < -0.39 is 5.97 Å². The van der Waals surface area contributed by atoms with Crippen LogP contribution >= 0.6 is 0 Å². The average Bonchev–Trinajstić information content (AvgIpc) is 3.02. The number of methoxy groups -OCH3 is 2. The summed E-state index contributed by atoms with van der Waals surface area (Å²) in [5, 5.41) is 14.6. The van der Waals surface area contributed by atoms with Gasteiger partial charge >= 0.3 is 5.97 Å². The smallest absolute Gasteiger partial charge is 0.374 e. The SMILES string of the molecule is COc1ccc2ccc(OC)c(-c3cc(C(=O)O)on3)c2c1. The summed E-state index contributed by atoms with van der Waals surface area (Å²) < 4.78 is 15.5. The first-order valence-electron chi connectivity index (χ1n) is 6.49. The Kier molecular flexibility index (Phi) is 3.42. The standard InChI is InChI=1S/C16H13NO5/c1-20-10-5-3-9-4-6-13(21-2)15(11(9)7-10)12-8-14(16(18)19)22-17-12/h3-8H,1-2H3,(H,18,19). The van der Waals surface area contributed by atoms with Crippen molar-refractivity contribution in [3.05, 3.63) is 42.2 Å². The Morgan fingerprint density at radius 3 is 2.55 bits per heavy atom. The Hall–Kier alpha value is -3.02. The Morgan fingerprint density at radius 2 is 1.91 bits per heavy atom. The molecule has 0 atom stereocenters. The maximum Gasteiger partial charge on any atom is 0.374 e. The van der Waals surface area contributed by atoms with Crippen LogP contribution in [0.5, 0.6) is 11.5 Å². The number of aromatic carboxylic acids is 1. The normalized spacial score (nSPS) is 10.6. The number of ether oxygens (including phenoxy) is 2.